The van der Waals surface area contributed by atoms with Gasteiger partial charge >= 0.3 is 0 Å². The largest absolute Gasteiger partial charge is 0.510 e. The van der Waals surface area contributed by atoms with Crippen molar-refractivity contribution in [3.63, 3.8) is 0 Å². The standard InChI is InChI=1S/C56H38N4O.Pt/c1-2-39-32-33-57-55(34-39)60-51-31-28-43(40-16-6-3-7-17-40)35-50(51)49-30-29-46(37-54(49)60)61-45-23-14-22-44(36-45)58-38-59(53-27-13-12-26-52(53)58)56-47(41-18-8-4-9-19-41)24-15-25-48(56)42-20-10-5-11-21-42;/h3-35H,2H2,1H3;/q-2;/i2D2,4D,5D,8D,9D,10D,11D,18D,19D,20D,21D;. The van der Waals surface area contributed by atoms with Crippen molar-refractivity contribution in [3.8, 4) is 62.1 Å². The third kappa shape index (κ3) is 7.01. The van der Waals surface area contributed by atoms with Gasteiger partial charge in [-0.05, 0) is 74.6 Å². The van der Waals surface area contributed by atoms with Crippen LogP contribution >= 0.6 is 0 Å². The summed E-state index contributed by atoms with van der Waals surface area (Å²) in [6.07, 6.45) is 3.35. The maximum atomic E-state index is 9.01. The number of pyridine rings is 1. The Kier molecular flexibility index (Phi) is 7.37. The zero-order valence-electron chi connectivity index (χ0n) is 44.8. The summed E-state index contributed by atoms with van der Waals surface area (Å²) in [5, 5.41) is 1.81. The van der Waals surface area contributed by atoms with Crippen molar-refractivity contribution in [2.45, 2.75) is 13.3 Å². The fraction of sp³-hybridized carbons (Fsp3) is 0.0357. The molecule has 3 aromatic heterocycles. The van der Waals surface area contributed by atoms with Crippen LogP contribution in [0.3, 0.4) is 0 Å². The SMILES string of the molecule is [2H]c1c([2H])c([2H])c(-c2cccc(-c3c([2H])c([2H])c([2H])c([2H])c3[2H])c2-[n+]2[c-]n(-c3[c-]c(Oc4[c-]c5c(cc4)c4cc(-c6ccccc6)ccc4n5-c4cc(C([2H])([2H])C)ccn4)ccc3)c3ccccc32)c([2H])c1[2H].[Pt]. The first-order valence-electron chi connectivity index (χ1n) is 25.5. The van der Waals surface area contributed by atoms with E-state index in [0.29, 0.717) is 45.1 Å². The Morgan fingerprint density at radius 3 is 2.10 bits per heavy atom. The Morgan fingerprint density at radius 1 is 0.629 bits per heavy atom. The van der Waals surface area contributed by atoms with Crippen LogP contribution in [-0.4, -0.2) is 14.1 Å². The van der Waals surface area contributed by atoms with E-state index < -0.39 is 66.8 Å². The zero-order chi connectivity index (χ0) is 51.2. The van der Waals surface area contributed by atoms with E-state index in [4.69, 9.17) is 26.2 Å². The van der Waals surface area contributed by atoms with Crippen molar-refractivity contribution >= 4 is 32.8 Å². The number of aryl methyl sites for hydroxylation is 1. The third-order valence-corrected chi connectivity index (χ3v) is 10.6. The van der Waals surface area contributed by atoms with E-state index in [1.54, 1.807) is 76.0 Å². The average Bonchev–Trinajstić information content (AvgIpc) is 3.94. The van der Waals surface area contributed by atoms with Crippen molar-refractivity contribution in [3.05, 3.63) is 224 Å². The summed E-state index contributed by atoms with van der Waals surface area (Å²) >= 11 is 0. The zero-order valence-corrected chi connectivity index (χ0v) is 35.1. The van der Waals surface area contributed by atoms with Crippen LogP contribution in [0.4, 0.5) is 0 Å². The van der Waals surface area contributed by atoms with E-state index in [1.807, 2.05) is 59.2 Å². The molecule has 0 amide bonds. The van der Waals surface area contributed by atoms with Crippen molar-refractivity contribution in [2.75, 3.05) is 0 Å². The fourth-order valence-corrected chi connectivity index (χ4v) is 7.83. The quantitative estimate of drug-likeness (QED) is 0.107. The number of nitrogens with zero attached hydrogens (tertiary/aromatic N) is 4. The second kappa shape index (κ2) is 16.6. The summed E-state index contributed by atoms with van der Waals surface area (Å²) < 4.78 is 116. The number of benzene rings is 8. The molecule has 0 bridgehead atoms. The van der Waals surface area contributed by atoms with Gasteiger partial charge in [0.05, 0.1) is 30.4 Å². The van der Waals surface area contributed by atoms with Gasteiger partial charge in [0.2, 0.25) is 0 Å². The van der Waals surface area contributed by atoms with Gasteiger partial charge in [-0.2, -0.15) is 18.2 Å². The Balaban J connectivity index is 0.00000626. The Bertz CT molecular complexity index is 3930. The molecule has 0 aliphatic rings. The molecule has 0 radical (unpaired) electrons. The van der Waals surface area contributed by atoms with Crippen molar-refractivity contribution in [2.24, 2.45) is 0 Å². The number of aromatic nitrogens is 4. The van der Waals surface area contributed by atoms with Crippen LogP contribution in [-0.2, 0) is 27.4 Å². The molecule has 0 aliphatic carbocycles. The van der Waals surface area contributed by atoms with Crippen LogP contribution in [0, 0.1) is 18.5 Å². The molecule has 0 saturated carbocycles. The average molecular weight is 990 g/mol. The molecule has 11 aromatic rings. The molecule has 11 rings (SSSR count). The van der Waals surface area contributed by atoms with E-state index in [0.717, 1.165) is 27.4 Å². The van der Waals surface area contributed by atoms with Crippen LogP contribution in [0.1, 0.15) is 28.9 Å². The molecule has 300 valence electrons. The topological polar surface area (TPSA) is 35.9 Å². The molecule has 0 spiro atoms. The van der Waals surface area contributed by atoms with Gasteiger partial charge in [0, 0.05) is 47.0 Å². The van der Waals surface area contributed by atoms with Crippen LogP contribution < -0.4 is 9.30 Å². The van der Waals surface area contributed by atoms with Gasteiger partial charge in [0.25, 0.3) is 6.33 Å². The molecule has 0 atom stereocenters. The fourth-order valence-electron chi connectivity index (χ4n) is 7.83. The van der Waals surface area contributed by atoms with Gasteiger partial charge < -0.3 is 13.9 Å². The molecule has 8 aromatic carbocycles. The van der Waals surface area contributed by atoms with E-state index in [-0.39, 0.29) is 49.0 Å². The van der Waals surface area contributed by atoms with E-state index >= 15 is 0 Å². The Labute approximate surface area is 391 Å². The minimum atomic E-state index is -1.63. The van der Waals surface area contributed by atoms with Crippen LogP contribution in [0.5, 0.6) is 11.5 Å². The van der Waals surface area contributed by atoms with Gasteiger partial charge in [0.1, 0.15) is 5.82 Å². The first-order chi connectivity index (χ1) is 35.0. The number of imidazole rings is 1. The van der Waals surface area contributed by atoms with Crippen molar-refractivity contribution in [1.82, 2.24) is 14.1 Å². The minimum absolute atomic E-state index is 0. The first kappa shape index (κ1) is 27.5. The molecule has 5 nitrogen and oxygen atoms in total. The van der Waals surface area contributed by atoms with Crippen LogP contribution in [0.25, 0.3) is 83.4 Å². The monoisotopic (exact) mass is 989 g/mol. The predicted molar refractivity (Wildman–Crippen MR) is 246 cm³/mol. The third-order valence-electron chi connectivity index (χ3n) is 10.6. The van der Waals surface area contributed by atoms with Crippen molar-refractivity contribution < 1.29 is 46.8 Å². The number of fused-ring (bicyclic) bond motifs is 4. The van der Waals surface area contributed by atoms with E-state index in [1.165, 1.54) is 6.92 Å². The van der Waals surface area contributed by atoms with Gasteiger partial charge in [-0.3, -0.25) is 4.57 Å². The molecular weight excluding hydrogens is 940 g/mol. The maximum Gasteiger partial charge on any atom is 0.268 e. The summed E-state index contributed by atoms with van der Waals surface area (Å²) in [7, 11) is 0. The molecular formula is C56H38N4OPt-2. The van der Waals surface area contributed by atoms with E-state index in [2.05, 4.69) is 36.7 Å². The van der Waals surface area contributed by atoms with Gasteiger partial charge in [0.15, 0.2) is 0 Å². The van der Waals surface area contributed by atoms with Crippen molar-refractivity contribution in [1.29, 1.82) is 0 Å². The summed E-state index contributed by atoms with van der Waals surface area (Å²) in [6.45, 7) is 1.51. The molecule has 6 heteroatoms. The van der Waals surface area contributed by atoms with Crippen LogP contribution in [0.15, 0.2) is 200 Å². The normalized spacial score (nSPS) is 14.2. The summed E-state index contributed by atoms with van der Waals surface area (Å²) in [4.78, 5) is 4.70. The number of para-hydroxylation sites is 3. The molecule has 3 heterocycles. The Hall–Kier alpha value is -7.33. The molecule has 62 heavy (non-hydrogen) atoms. The molecule has 0 N–H and O–H groups in total. The second-order valence-corrected chi connectivity index (χ2v) is 14.1. The van der Waals surface area contributed by atoms with Gasteiger partial charge in [-0.15, -0.1) is 29.7 Å². The molecule has 0 saturated heterocycles. The number of hydrogen-bond acceptors (Lipinski definition) is 2. The first-order valence-corrected chi connectivity index (χ1v) is 19.5. The summed E-state index contributed by atoms with van der Waals surface area (Å²) in [6, 6.07) is 42.1. The number of hydrogen-bond donors (Lipinski definition) is 0. The van der Waals surface area contributed by atoms with Gasteiger partial charge in [-0.1, -0.05) is 158 Å². The number of ether oxygens (including phenoxy) is 1. The summed E-state index contributed by atoms with van der Waals surface area (Å²) in [5.41, 5.74) is 5.64. The molecule has 0 unspecified atom stereocenters. The van der Waals surface area contributed by atoms with Crippen LogP contribution in [0.2, 0.25) is 0 Å². The summed E-state index contributed by atoms with van der Waals surface area (Å²) in [5.74, 6) is 1.16. The predicted octanol–water partition coefficient (Wildman–Crippen LogP) is 13.2. The molecule has 0 fully saturated rings. The Morgan fingerprint density at radius 2 is 1.34 bits per heavy atom. The second-order valence-electron chi connectivity index (χ2n) is 14.1. The number of rotatable bonds is 9. The molecule has 0 aliphatic heterocycles. The smallest absolute Gasteiger partial charge is 0.268 e. The van der Waals surface area contributed by atoms with E-state index in [9.17, 15) is 0 Å². The van der Waals surface area contributed by atoms with Gasteiger partial charge in [-0.25, -0.2) is 4.98 Å². The minimum Gasteiger partial charge on any atom is -0.510 e. The maximum absolute atomic E-state index is 9.01.